The summed E-state index contributed by atoms with van der Waals surface area (Å²) < 4.78 is 0. The third-order valence-corrected chi connectivity index (χ3v) is 3.06. The lowest BCUT2D eigenvalue weighted by Gasteiger charge is -2.08. The summed E-state index contributed by atoms with van der Waals surface area (Å²) in [5.74, 6) is -2.17. The predicted octanol–water partition coefficient (Wildman–Crippen LogP) is -0.521. The van der Waals surface area contributed by atoms with Crippen molar-refractivity contribution >= 4 is 23.6 Å². The number of amides is 4. The zero-order valence-corrected chi connectivity index (χ0v) is 13.6. The molecule has 2 heterocycles. The number of nitrogens with zero attached hydrogens (tertiary/aromatic N) is 2. The van der Waals surface area contributed by atoms with Gasteiger partial charge in [0.25, 0.3) is 11.8 Å². The van der Waals surface area contributed by atoms with E-state index in [0.29, 0.717) is 0 Å². The summed E-state index contributed by atoms with van der Waals surface area (Å²) in [6.07, 6.45) is 5.37. The van der Waals surface area contributed by atoms with Gasteiger partial charge in [0.15, 0.2) is 0 Å². The maximum atomic E-state index is 11.7. The van der Waals surface area contributed by atoms with Gasteiger partial charge < -0.3 is 0 Å². The zero-order valence-electron chi connectivity index (χ0n) is 13.6. The fourth-order valence-corrected chi connectivity index (χ4v) is 1.74. The lowest BCUT2D eigenvalue weighted by Crippen LogP contribution is -2.44. The number of hydrogen-bond acceptors (Lipinski definition) is 6. The number of hydrogen-bond donors (Lipinski definition) is 4. The van der Waals surface area contributed by atoms with Crippen LogP contribution in [0.25, 0.3) is 0 Å². The molecule has 26 heavy (non-hydrogen) atoms. The first kappa shape index (κ1) is 18.5. The zero-order chi connectivity index (χ0) is 18.8. The molecule has 134 valence electrons. The maximum Gasteiger partial charge on any atom is 0.271 e. The predicted molar refractivity (Wildman–Crippen MR) is 88.9 cm³/mol. The average molecular weight is 356 g/mol. The van der Waals surface area contributed by atoms with Crippen LogP contribution in [0.5, 0.6) is 0 Å². The Morgan fingerprint density at radius 1 is 0.692 bits per heavy atom. The Morgan fingerprint density at radius 2 is 1.12 bits per heavy atom. The first-order chi connectivity index (χ1) is 12.6. The van der Waals surface area contributed by atoms with E-state index in [2.05, 4.69) is 31.7 Å². The van der Waals surface area contributed by atoms with E-state index in [1.807, 2.05) is 0 Å². The Hall–Kier alpha value is -3.82. The fraction of sp³-hybridized carbons (Fsp3) is 0.125. The van der Waals surface area contributed by atoms with Crippen LogP contribution < -0.4 is 21.7 Å². The highest BCUT2D eigenvalue weighted by atomic mass is 16.2. The molecule has 0 spiro atoms. The first-order valence-corrected chi connectivity index (χ1v) is 7.54. The van der Waals surface area contributed by atoms with Crippen molar-refractivity contribution < 1.29 is 19.2 Å². The van der Waals surface area contributed by atoms with Gasteiger partial charge in [-0.25, -0.2) is 0 Å². The molecule has 0 aromatic carbocycles. The van der Waals surface area contributed by atoms with E-state index in [4.69, 9.17) is 0 Å². The van der Waals surface area contributed by atoms with Gasteiger partial charge in [-0.05, 0) is 24.3 Å². The standard InChI is InChI=1S/C16H16N6O4/c23-13(19-21-15(25)11-3-1-7-17-9-11)5-6-14(24)20-22-16(26)12-4-2-8-18-10-12/h1-4,7-10H,5-6H2,(H,19,23)(H,20,24)(H,21,25)(H,22,26). The van der Waals surface area contributed by atoms with E-state index in [9.17, 15) is 19.2 Å². The van der Waals surface area contributed by atoms with Gasteiger partial charge >= 0.3 is 0 Å². The van der Waals surface area contributed by atoms with Gasteiger partial charge in [-0.15, -0.1) is 0 Å². The molecule has 0 aliphatic carbocycles. The van der Waals surface area contributed by atoms with Crippen LogP contribution in [0.2, 0.25) is 0 Å². The SMILES string of the molecule is O=C(CCC(=O)NNC(=O)c1cccnc1)NNC(=O)c1cccnc1. The minimum absolute atomic E-state index is 0.179. The smallest absolute Gasteiger partial charge is 0.271 e. The lowest BCUT2D eigenvalue weighted by atomic mass is 10.3. The van der Waals surface area contributed by atoms with Gasteiger partial charge in [0, 0.05) is 37.6 Å². The van der Waals surface area contributed by atoms with E-state index in [0.717, 1.165) is 0 Å². The number of carbonyl (C=O) groups excluding carboxylic acids is 4. The molecule has 2 aromatic heterocycles. The third-order valence-electron chi connectivity index (χ3n) is 3.06. The van der Waals surface area contributed by atoms with Gasteiger partial charge in [-0.3, -0.25) is 50.8 Å². The largest absolute Gasteiger partial charge is 0.273 e. The van der Waals surface area contributed by atoms with Crippen molar-refractivity contribution in [2.75, 3.05) is 0 Å². The van der Waals surface area contributed by atoms with Crippen LogP contribution >= 0.6 is 0 Å². The van der Waals surface area contributed by atoms with Gasteiger partial charge in [0.1, 0.15) is 0 Å². The van der Waals surface area contributed by atoms with Gasteiger partial charge in [0.2, 0.25) is 11.8 Å². The van der Waals surface area contributed by atoms with Crippen LogP contribution in [0.1, 0.15) is 33.6 Å². The van der Waals surface area contributed by atoms with E-state index < -0.39 is 23.6 Å². The third kappa shape index (κ3) is 6.00. The van der Waals surface area contributed by atoms with Crippen molar-refractivity contribution in [3.05, 3.63) is 60.2 Å². The second-order valence-corrected chi connectivity index (χ2v) is 4.99. The first-order valence-electron chi connectivity index (χ1n) is 7.54. The summed E-state index contributed by atoms with van der Waals surface area (Å²) in [6.45, 7) is 0. The number of aromatic nitrogens is 2. The van der Waals surface area contributed by atoms with Crippen LogP contribution in [0.4, 0.5) is 0 Å². The summed E-state index contributed by atoms with van der Waals surface area (Å²) in [7, 11) is 0. The normalized spacial score (nSPS) is 9.69. The molecule has 2 aromatic rings. The Bertz CT molecular complexity index is 714. The van der Waals surface area contributed by atoms with Gasteiger partial charge in [-0.1, -0.05) is 0 Å². The Labute approximate surface area is 148 Å². The summed E-state index contributed by atoms with van der Waals surface area (Å²) in [5.41, 5.74) is 9.35. The van der Waals surface area contributed by atoms with Gasteiger partial charge in [-0.2, -0.15) is 0 Å². The summed E-state index contributed by atoms with van der Waals surface area (Å²) in [5, 5.41) is 0. The van der Waals surface area contributed by atoms with Crippen LogP contribution in [0, 0.1) is 0 Å². The monoisotopic (exact) mass is 356 g/mol. The Morgan fingerprint density at radius 3 is 1.46 bits per heavy atom. The van der Waals surface area contributed by atoms with Crippen molar-refractivity contribution in [2.24, 2.45) is 0 Å². The molecule has 10 heteroatoms. The summed E-state index contributed by atoms with van der Waals surface area (Å²) >= 11 is 0. The van der Waals surface area contributed by atoms with Crippen molar-refractivity contribution in [1.82, 2.24) is 31.7 Å². The van der Waals surface area contributed by atoms with Crippen molar-refractivity contribution in [2.45, 2.75) is 12.8 Å². The minimum Gasteiger partial charge on any atom is -0.273 e. The number of nitrogens with one attached hydrogen (secondary N) is 4. The number of rotatable bonds is 5. The number of hydrazine groups is 2. The molecule has 0 saturated carbocycles. The molecule has 0 saturated heterocycles. The highest BCUT2D eigenvalue weighted by Crippen LogP contribution is 1.95. The minimum atomic E-state index is -0.559. The highest BCUT2D eigenvalue weighted by Gasteiger charge is 2.11. The van der Waals surface area contributed by atoms with E-state index in [1.165, 1.54) is 36.9 Å². The fourth-order valence-electron chi connectivity index (χ4n) is 1.74. The molecule has 0 aliphatic heterocycles. The summed E-state index contributed by atoms with van der Waals surface area (Å²) in [6, 6.07) is 6.24. The van der Waals surface area contributed by atoms with Crippen molar-refractivity contribution in [3.63, 3.8) is 0 Å². The van der Waals surface area contributed by atoms with Crippen LogP contribution in [0.15, 0.2) is 49.1 Å². The van der Waals surface area contributed by atoms with Crippen LogP contribution in [0.3, 0.4) is 0 Å². The van der Waals surface area contributed by atoms with Crippen molar-refractivity contribution in [1.29, 1.82) is 0 Å². The highest BCUT2D eigenvalue weighted by molar-refractivity contribution is 5.96. The van der Waals surface area contributed by atoms with Crippen molar-refractivity contribution in [3.8, 4) is 0 Å². The molecule has 4 N–H and O–H groups in total. The Kier molecular flexibility index (Phi) is 6.74. The molecule has 0 fully saturated rings. The number of carbonyl (C=O) groups is 4. The molecule has 0 aliphatic rings. The second-order valence-electron chi connectivity index (χ2n) is 4.99. The maximum absolute atomic E-state index is 11.7. The summed E-state index contributed by atoms with van der Waals surface area (Å²) in [4.78, 5) is 54.2. The molecule has 10 nitrogen and oxygen atoms in total. The van der Waals surface area contributed by atoms with Crippen LogP contribution in [-0.2, 0) is 9.59 Å². The lowest BCUT2D eigenvalue weighted by molar-refractivity contribution is -0.127. The molecule has 4 amide bonds. The quantitative estimate of drug-likeness (QED) is 0.531. The molecule has 0 unspecified atom stereocenters. The average Bonchev–Trinajstić information content (AvgIpc) is 2.69. The molecule has 0 radical (unpaired) electrons. The Balaban J connectivity index is 1.65. The number of pyridine rings is 2. The molecule has 0 bridgehead atoms. The van der Waals surface area contributed by atoms with Crippen LogP contribution in [-0.4, -0.2) is 33.6 Å². The van der Waals surface area contributed by atoms with Gasteiger partial charge in [0.05, 0.1) is 11.1 Å². The van der Waals surface area contributed by atoms with E-state index in [1.54, 1.807) is 12.1 Å². The van der Waals surface area contributed by atoms with E-state index >= 15 is 0 Å². The molecule has 2 rings (SSSR count). The topological polar surface area (TPSA) is 142 Å². The second kappa shape index (κ2) is 9.47. The molecular weight excluding hydrogens is 340 g/mol. The molecular formula is C16H16N6O4. The molecule has 0 atom stereocenters. The van der Waals surface area contributed by atoms with E-state index in [-0.39, 0.29) is 24.0 Å².